The molecular formula is C11H9NO2. The van der Waals surface area contributed by atoms with E-state index in [1.54, 1.807) is 12.1 Å². The molecule has 0 amide bonds. The summed E-state index contributed by atoms with van der Waals surface area (Å²) in [6, 6.07) is 7.34. The minimum atomic E-state index is 0.00986. The van der Waals surface area contributed by atoms with Gasteiger partial charge < -0.3 is 4.84 Å². The van der Waals surface area contributed by atoms with Gasteiger partial charge in [0.1, 0.15) is 12.8 Å². The van der Waals surface area contributed by atoms with Crippen molar-refractivity contribution in [2.24, 2.45) is 5.16 Å². The minimum absolute atomic E-state index is 0.00986. The summed E-state index contributed by atoms with van der Waals surface area (Å²) in [6.45, 7) is 0. The van der Waals surface area contributed by atoms with Gasteiger partial charge in [-0.1, -0.05) is 29.4 Å². The van der Waals surface area contributed by atoms with Gasteiger partial charge in [-0.25, -0.2) is 0 Å². The van der Waals surface area contributed by atoms with Gasteiger partial charge in [-0.05, 0) is 12.2 Å². The zero-order valence-corrected chi connectivity index (χ0v) is 7.73. The molecule has 0 aliphatic heterocycles. The first kappa shape index (κ1) is 8.69. The van der Waals surface area contributed by atoms with Crippen LogP contribution < -0.4 is 0 Å². The number of carbonyl (C=O) groups excluding carboxylic acids is 1. The van der Waals surface area contributed by atoms with Crippen LogP contribution in [0.1, 0.15) is 15.9 Å². The Morgan fingerprint density at radius 1 is 1.14 bits per heavy atom. The maximum Gasteiger partial charge on any atom is 0.186 e. The van der Waals surface area contributed by atoms with Crippen molar-refractivity contribution in [1.82, 2.24) is 0 Å². The fourth-order valence-corrected chi connectivity index (χ4v) is 1.43. The lowest BCUT2D eigenvalue weighted by atomic mass is 9.95. The van der Waals surface area contributed by atoms with E-state index in [9.17, 15) is 4.79 Å². The first-order chi connectivity index (χ1) is 6.83. The van der Waals surface area contributed by atoms with E-state index in [1.807, 2.05) is 18.2 Å². The van der Waals surface area contributed by atoms with Gasteiger partial charge in [0.05, 0.1) is 0 Å². The Morgan fingerprint density at radius 3 is 2.57 bits per heavy atom. The van der Waals surface area contributed by atoms with Crippen LogP contribution in [0.2, 0.25) is 0 Å². The minimum Gasteiger partial charge on any atom is -0.399 e. The normalized spacial score (nSPS) is 16.9. The lowest BCUT2D eigenvalue weighted by Crippen LogP contribution is -2.12. The number of hydrogen-bond acceptors (Lipinski definition) is 3. The number of hydrogen-bond donors (Lipinski definition) is 0. The van der Waals surface area contributed by atoms with Gasteiger partial charge in [-0.15, -0.1) is 0 Å². The average Bonchev–Trinajstić information content (AvgIpc) is 2.23. The van der Waals surface area contributed by atoms with Crippen LogP contribution in [0.25, 0.3) is 0 Å². The Kier molecular flexibility index (Phi) is 2.14. The van der Waals surface area contributed by atoms with Crippen LogP contribution in [0.4, 0.5) is 0 Å². The number of nitrogens with zero attached hydrogens (tertiary/aromatic N) is 1. The first-order valence-corrected chi connectivity index (χ1v) is 4.26. The smallest absolute Gasteiger partial charge is 0.186 e. The van der Waals surface area contributed by atoms with Crippen molar-refractivity contribution in [1.29, 1.82) is 0 Å². The van der Waals surface area contributed by atoms with Crippen LogP contribution in [0.5, 0.6) is 0 Å². The molecule has 0 fully saturated rings. The van der Waals surface area contributed by atoms with E-state index in [0.717, 1.165) is 5.56 Å². The van der Waals surface area contributed by atoms with Crippen molar-refractivity contribution in [3.63, 3.8) is 0 Å². The van der Waals surface area contributed by atoms with E-state index < -0.39 is 0 Å². The number of oxime groups is 1. The Labute approximate surface area is 81.7 Å². The molecule has 0 radical (unpaired) electrons. The zero-order chi connectivity index (χ0) is 9.97. The van der Waals surface area contributed by atoms with E-state index in [1.165, 1.54) is 13.2 Å². The molecule has 3 nitrogen and oxygen atoms in total. The maximum atomic E-state index is 11.5. The summed E-state index contributed by atoms with van der Waals surface area (Å²) >= 11 is 0. The van der Waals surface area contributed by atoms with Crippen molar-refractivity contribution < 1.29 is 9.63 Å². The summed E-state index contributed by atoms with van der Waals surface area (Å²) in [4.78, 5) is 16.2. The SMILES string of the molecule is CON=C1C=CC(=O)c2ccccc21. The third-order valence-corrected chi connectivity index (χ3v) is 2.05. The molecule has 0 unspecified atom stereocenters. The topological polar surface area (TPSA) is 38.7 Å². The quantitative estimate of drug-likeness (QED) is 0.628. The van der Waals surface area contributed by atoms with Crippen molar-refractivity contribution >= 4 is 11.5 Å². The zero-order valence-electron chi connectivity index (χ0n) is 7.73. The Hall–Kier alpha value is -1.90. The number of fused-ring (bicyclic) bond motifs is 1. The van der Waals surface area contributed by atoms with Gasteiger partial charge >= 0.3 is 0 Å². The molecule has 0 saturated heterocycles. The summed E-state index contributed by atoms with van der Waals surface area (Å²) in [5, 5.41) is 3.84. The molecule has 1 aromatic carbocycles. The molecule has 1 aliphatic rings. The van der Waals surface area contributed by atoms with Crippen molar-refractivity contribution in [3.8, 4) is 0 Å². The standard InChI is InChI=1S/C11H9NO2/c1-14-12-10-6-7-11(13)9-5-3-2-4-8(9)10/h2-7H,1H3. The molecular weight excluding hydrogens is 178 g/mol. The van der Waals surface area contributed by atoms with Crippen molar-refractivity contribution in [2.45, 2.75) is 0 Å². The molecule has 14 heavy (non-hydrogen) atoms. The second kappa shape index (κ2) is 3.46. The van der Waals surface area contributed by atoms with Crippen LogP contribution in [0.15, 0.2) is 41.6 Å². The number of benzene rings is 1. The number of ketones is 1. The second-order valence-electron chi connectivity index (χ2n) is 2.90. The van der Waals surface area contributed by atoms with E-state index in [-0.39, 0.29) is 5.78 Å². The number of rotatable bonds is 1. The third kappa shape index (κ3) is 1.33. The van der Waals surface area contributed by atoms with Gasteiger partial charge in [-0.3, -0.25) is 4.79 Å². The van der Waals surface area contributed by atoms with E-state index in [0.29, 0.717) is 11.3 Å². The van der Waals surface area contributed by atoms with Crippen LogP contribution in [0, 0.1) is 0 Å². The third-order valence-electron chi connectivity index (χ3n) is 2.05. The maximum absolute atomic E-state index is 11.5. The largest absolute Gasteiger partial charge is 0.399 e. The lowest BCUT2D eigenvalue weighted by Gasteiger charge is -2.10. The fraction of sp³-hybridized carbons (Fsp3) is 0.0909. The monoisotopic (exact) mass is 187 g/mol. The van der Waals surface area contributed by atoms with Crippen LogP contribution in [-0.4, -0.2) is 18.6 Å². The molecule has 70 valence electrons. The highest BCUT2D eigenvalue weighted by Crippen LogP contribution is 2.16. The predicted molar refractivity (Wildman–Crippen MR) is 53.5 cm³/mol. The lowest BCUT2D eigenvalue weighted by molar-refractivity contribution is 0.104. The van der Waals surface area contributed by atoms with E-state index in [4.69, 9.17) is 4.84 Å². The Bertz CT molecular complexity index is 433. The average molecular weight is 187 g/mol. The molecule has 2 rings (SSSR count). The van der Waals surface area contributed by atoms with E-state index >= 15 is 0 Å². The second-order valence-corrected chi connectivity index (χ2v) is 2.90. The number of allylic oxidation sites excluding steroid dienone is 2. The van der Waals surface area contributed by atoms with Crippen LogP contribution in [-0.2, 0) is 4.84 Å². The molecule has 0 spiro atoms. The molecule has 0 atom stereocenters. The molecule has 0 saturated carbocycles. The van der Waals surface area contributed by atoms with Gasteiger partial charge in [0.15, 0.2) is 5.78 Å². The highest BCUT2D eigenvalue weighted by atomic mass is 16.6. The molecule has 0 aromatic heterocycles. The highest BCUT2D eigenvalue weighted by molar-refractivity contribution is 6.23. The van der Waals surface area contributed by atoms with Crippen molar-refractivity contribution in [3.05, 3.63) is 47.5 Å². The number of carbonyl (C=O) groups is 1. The highest BCUT2D eigenvalue weighted by Gasteiger charge is 2.16. The Morgan fingerprint density at radius 2 is 1.86 bits per heavy atom. The van der Waals surface area contributed by atoms with Gasteiger partial charge in [0.2, 0.25) is 0 Å². The summed E-state index contributed by atoms with van der Waals surface area (Å²) in [7, 11) is 1.49. The van der Waals surface area contributed by atoms with Crippen molar-refractivity contribution in [2.75, 3.05) is 7.11 Å². The van der Waals surface area contributed by atoms with Crippen LogP contribution >= 0.6 is 0 Å². The van der Waals surface area contributed by atoms with E-state index in [2.05, 4.69) is 5.16 Å². The molecule has 0 N–H and O–H groups in total. The predicted octanol–water partition coefficient (Wildman–Crippen LogP) is 1.79. The molecule has 3 heteroatoms. The van der Waals surface area contributed by atoms with Gasteiger partial charge in [0, 0.05) is 11.1 Å². The van der Waals surface area contributed by atoms with Crippen LogP contribution in [0.3, 0.4) is 0 Å². The fourth-order valence-electron chi connectivity index (χ4n) is 1.43. The Balaban J connectivity index is 2.58. The molecule has 0 heterocycles. The van der Waals surface area contributed by atoms with Gasteiger partial charge in [0.25, 0.3) is 0 Å². The summed E-state index contributed by atoms with van der Waals surface area (Å²) in [5.74, 6) is 0.00986. The van der Waals surface area contributed by atoms with Gasteiger partial charge in [-0.2, -0.15) is 0 Å². The molecule has 1 aromatic rings. The first-order valence-electron chi connectivity index (χ1n) is 4.26. The summed E-state index contributed by atoms with van der Waals surface area (Å²) in [6.07, 6.45) is 3.16. The molecule has 0 bridgehead atoms. The summed E-state index contributed by atoms with van der Waals surface area (Å²) < 4.78 is 0. The molecule has 1 aliphatic carbocycles. The summed E-state index contributed by atoms with van der Waals surface area (Å²) in [5.41, 5.74) is 2.18.